The molecule has 0 aliphatic heterocycles. The van der Waals surface area contributed by atoms with E-state index in [4.69, 9.17) is 0 Å². The molecule has 1 N–H and O–H groups in total. The fraction of sp³-hybridized carbons (Fsp3) is 0.867. The average molecular weight is 221 g/mol. The van der Waals surface area contributed by atoms with Gasteiger partial charge < -0.3 is 5.32 Å². The molecule has 2 saturated carbocycles. The Morgan fingerprint density at radius 2 is 2.25 bits per heavy atom. The van der Waals surface area contributed by atoms with E-state index in [-0.39, 0.29) is 0 Å². The molecule has 2 rings (SSSR count). The van der Waals surface area contributed by atoms with E-state index in [1.165, 1.54) is 44.9 Å². The SMILES string of the molecule is C=CCCCC(NCC)C1CC2CCC1C2. The molecule has 0 heterocycles. The summed E-state index contributed by atoms with van der Waals surface area (Å²) in [7, 11) is 0. The van der Waals surface area contributed by atoms with Crippen LogP contribution >= 0.6 is 0 Å². The monoisotopic (exact) mass is 221 g/mol. The maximum absolute atomic E-state index is 3.82. The van der Waals surface area contributed by atoms with Crippen LogP contribution in [0, 0.1) is 17.8 Å². The zero-order valence-electron chi connectivity index (χ0n) is 10.8. The molecular weight excluding hydrogens is 194 g/mol. The molecule has 0 aromatic heterocycles. The Morgan fingerprint density at radius 1 is 1.38 bits per heavy atom. The summed E-state index contributed by atoms with van der Waals surface area (Å²) in [6.45, 7) is 7.19. The first-order chi connectivity index (χ1) is 7.85. The quantitative estimate of drug-likeness (QED) is 0.510. The third-order valence-electron chi connectivity index (χ3n) is 4.70. The van der Waals surface area contributed by atoms with E-state index in [0.717, 1.165) is 30.3 Å². The van der Waals surface area contributed by atoms with Gasteiger partial charge >= 0.3 is 0 Å². The zero-order chi connectivity index (χ0) is 11.4. The molecule has 0 aromatic carbocycles. The lowest BCUT2D eigenvalue weighted by molar-refractivity contribution is 0.238. The summed E-state index contributed by atoms with van der Waals surface area (Å²) >= 11 is 0. The van der Waals surface area contributed by atoms with E-state index in [1.807, 2.05) is 0 Å². The van der Waals surface area contributed by atoms with Crippen molar-refractivity contribution in [2.24, 2.45) is 17.8 Å². The molecular formula is C15H27N. The highest BCUT2D eigenvalue weighted by Crippen LogP contribution is 2.50. The van der Waals surface area contributed by atoms with Gasteiger partial charge in [0.15, 0.2) is 0 Å². The number of allylic oxidation sites excluding steroid dienone is 1. The zero-order valence-corrected chi connectivity index (χ0v) is 10.8. The van der Waals surface area contributed by atoms with Crippen LogP contribution in [0.5, 0.6) is 0 Å². The number of rotatable bonds is 7. The first-order valence-electron chi connectivity index (χ1n) is 7.19. The van der Waals surface area contributed by atoms with Crippen molar-refractivity contribution >= 4 is 0 Å². The van der Waals surface area contributed by atoms with Crippen LogP contribution in [0.25, 0.3) is 0 Å². The molecule has 2 bridgehead atoms. The van der Waals surface area contributed by atoms with Crippen LogP contribution in [0.1, 0.15) is 51.9 Å². The van der Waals surface area contributed by atoms with Crippen molar-refractivity contribution in [1.82, 2.24) is 5.32 Å². The van der Waals surface area contributed by atoms with Gasteiger partial charge in [-0.3, -0.25) is 0 Å². The van der Waals surface area contributed by atoms with Crippen LogP contribution in [-0.2, 0) is 0 Å². The summed E-state index contributed by atoms with van der Waals surface area (Å²) in [4.78, 5) is 0. The average Bonchev–Trinajstić information content (AvgIpc) is 2.90. The van der Waals surface area contributed by atoms with Gasteiger partial charge in [-0.25, -0.2) is 0 Å². The number of hydrogen-bond acceptors (Lipinski definition) is 1. The second-order valence-corrected chi connectivity index (χ2v) is 5.72. The highest BCUT2D eigenvalue weighted by atomic mass is 14.9. The van der Waals surface area contributed by atoms with Crippen molar-refractivity contribution in [1.29, 1.82) is 0 Å². The molecule has 0 radical (unpaired) electrons. The van der Waals surface area contributed by atoms with Gasteiger partial charge in [-0.2, -0.15) is 0 Å². The fourth-order valence-electron chi connectivity index (χ4n) is 4.00. The Labute approximate surface area is 101 Å². The minimum Gasteiger partial charge on any atom is -0.314 e. The fourth-order valence-corrected chi connectivity index (χ4v) is 4.00. The van der Waals surface area contributed by atoms with Gasteiger partial charge in [0.05, 0.1) is 0 Å². The van der Waals surface area contributed by atoms with Crippen molar-refractivity contribution in [3.8, 4) is 0 Å². The minimum atomic E-state index is 0.792. The van der Waals surface area contributed by atoms with Crippen LogP contribution in [0.4, 0.5) is 0 Å². The van der Waals surface area contributed by atoms with Gasteiger partial charge in [-0.05, 0) is 62.8 Å². The Balaban J connectivity index is 1.83. The molecule has 0 aromatic rings. The lowest BCUT2D eigenvalue weighted by Gasteiger charge is -2.31. The standard InChI is InChI=1S/C15H27N/c1-3-5-6-7-15(16-4-2)14-11-12-8-9-13(14)10-12/h3,12-16H,1,4-11H2,2H3. The lowest BCUT2D eigenvalue weighted by atomic mass is 9.81. The highest BCUT2D eigenvalue weighted by Gasteiger charge is 2.42. The number of nitrogens with one attached hydrogen (secondary N) is 1. The Bertz CT molecular complexity index is 223. The third kappa shape index (κ3) is 2.68. The minimum absolute atomic E-state index is 0.792. The van der Waals surface area contributed by atoms with Gasteiger partial charge in [0.25, 0.3) is 0 Å². The van der Waals surface area contributed by atoms with Crippen LogP contribution in [0.2, 0.25) is 0 Å². The van der Waals surface area contributed by atoms with E-state index in [1.54, 1.807) is 0 Å². The molecule has 2 fully saturated rings. The molecule has 4 atom stereocenters. The number of hydrogen-bond donors (Lipinski definition) is 1. The van der Waals surface area contributed by atoms with Gasteiger partial charge in [-0.1, -0.05) is 19.4 Å². The lowest BCUT2D eigenvalue weighted by Crippen LogP contribution is -2.38. The first-order valence-corrected chi connectivity index (χ1v) is 7.19. The van der Waals surface area contributed by atoms with Crippen molar-refractivity contribution < 1.29 is 0 Å². The van der Waals surface area contributed by atoms with Gasteiger partial charge in [0.1, 0.15) is 0 Å². The van der Waals surface area contributed by atoms with Crippen molar-refractivity contribution in [2.45, 2.75) is 57.9 Å². The van der Waals surface area contributed by atoms with Crippen molar-refractivity contribution in [3.63, 3.8) is 0 Å². The second-order valence-electron chi connectivity index (χ2n) is 5.72. The summed E-state index contributed by atoms with van der Waals surface area (Å²) in [5, 5.41) is 3.73. The molecule has 0 amide bonds. The summed E-state index contributed by atoms with van der Waals surface area (Å²) in [6, 6.07) is 0.792. The normalized spacial score (nSPS) is 34.2. The topological polar surface area (TPSA) is 12.0 Å². The van der Waals surface area contributed by atoms with Crippen LogP contribution in [0.15, 0.2) is 12.7 Å². The van der Waals surface area contributed by atoms with Crippen molar-refractivity contribution in [3.05, 3.63) is 12.7 Å². The van der Waals surface area contributed by atoms with Crippen LogP contribution in [0.3, 0.4) is 0 Å². The summed E-state index contributed by atoms with van der Waals surface area (Å²) < 4.78 is 0. The largest absolute Gasteiger partial charge is 0.314 e. The van der Waals surface area contributed by atoms with Gasteiger partial charge in [0, 0.05) is 6.04 Å². The van der Waals surface area contributed by atoms with Crippen LogP contribution < -0.4 is 5.32 Å². The number of fused-ring (bicyclic) bond motifs is 2. The Kier molecular flexibility index (Phi) is 4.45. The Hall–Kier alpha value is -0.300. The van der Waals surface area contributed by atoms with E-state index >= 15 is 0 Å². The molecule has 1 nitrogen and oxygen atoms in total. The number of unbranched alkanes of at least 4 members (excludes halogenated alkanes) is 1. The van der Waals surface area contributed by atoms with E-state index < -0.39 is 0 Å². The molecule has 92 valence electrons. The summed E-state index contributed by atoms with van der Waals surface area (Å²) in [5.74, 6) is 3.12. The van der Waals surface area contributed by atoms with E-state index in [2.05, 4.69) is 24.9 Å². The molecule has 2 aliphatic rings. The molecule has 0 saturated heterocycles. The van der Waals surface area contributed by atoms with Crippen LogP contribution in [-0.4, -0.2) is 12.6 Å². The molecule has 1 heteroatoms. The van der Waals surface area contributed by atoms with Gasteiger partial charge in [0.2, 0.25) is 0 Å². The molecule has 2 aliphatic carbocycles. The highest BCUT2D eigenvalue weighted by molar-refractivity contribution is 4.95. The molecule has 16 heavy (non-hydrogen) atoms. The Morgan fingerprint density at radius 3 is 2.81 bits per heavy atom. The van der Waals surface area contributed by atoms with E-state index in [9.17, 15) is 0 Å². The predicted molar refractivity (Wildman–Crippen MR) is 70.5 cm³/mol. The van der Waals surface area contributed by atoms with Crippen molar-refractivity contribution in [2.75, 3.05) is 6.54 Å². The smallest absolute Gasteiger partial charge is 0.00980 e. The van der Waals surface area contributed by atoms with E-state index in [0.29, 0.717) is 0 Å². The first kappa shape index (κ1) is 12.2. The predicted octanol–water partition coefficient (Wildman–Crippen LogP) is 3.76. The summed E-state index contributed by atoms with van der Waals surface area (Å²) in [5.41, 5.74) is 0. The molecule has 4 unspecified atom stereocenters. The maximum atomic E-state index is 3.82. The second kappa shape index (κ2) is 5.86. The summed E-state index contributed by atoms with van der Waals surface area (Å²) in [6.07, 6.45) is 12.0. The molecule has 0 spiro atoms. The van der Waals surface area contributed by atoms with Gasteiger partial charge in [-0.15, -0.1) is 6.58 Å². The third-order valence-corrected chi connectivity index (χ3v) is 4.70. The maximum Gasteiger partial charge on any atom is 0.00980 e.